The Labute approximate surface area is 134 Å². The van der Waals surface area contributed by atoms with Gasteiger partial charge in [0.2, 0.25) is 5.91 Å². The second-order valence-electron chi connectivity index (χ2n) is 5.19. The predicted molar refractivity (Wildman–Crippen MR) is 86.2 cm³/mol. The number of amides is 3. The van der Waals surface area contributed by atoms with Crippen LogP contribution in [0.5, 0.6) is 0 Å². The minimum Gasteiger partial charge on any atom is -0.346 e. The molecule has 3 amide bonds. The Kier molecular flexibility index (Phi) is 6.91. The summed E-state index contributed by atoms with van der Waals surface area (Å²) in [6.45, 7) is 7.43. The quantitative estimate of drug-likeness (QED) is 0.439. The normalized spacial score (nSPS) is 10.2. The van der Waals surface area contributed by atoms with Crippen molar-refractivity contribution in [2.24, 2.45) is 0 Å². The number of nitrogens with one attached hydrogen (secondary N) is 3. The fourth-order valence-corrected chi connectivity index (χ4v) is 2.48. The van der Waals surface area contributed by atoms with Crippen molar-refractivity contribution < 1.29 is 14.4 Å². The van der Waals surface area contributed by atoms with Gasteiger partial charge in [-0.05, 0) is 39.3 Å². The van der Waals surface area contributed by atoms with Gasteiger partial charge in [-0.2, -0.15) is 0 Å². The molecule has 0 atom stereocenters. The number of carbonyl (C=O) groups excluding carboxylic acids is 3. The number of aryl methyl sites for hydroxylation is 2. The van der Waals surface area contributed by atoms with Gasteiger partial charge in [-0.3, -0.25) is 25.2 Å². The lowest BCUT2D eigenvalue weighted by molar-refractivity contribution is -0.141. The monoisotopic (exact) mass is 323 g/mol. The Morgan fingerprint density at radius 1 is 1.09 bits per heavy atom. The van der Waals surface area contributed by atoms with E-state index in [1.807, 2.05) is 32.0 Å². The summed E-state index contributed by atoms with van der Waals surface area (Å²) < 4.78 is 0. The minimum atomic E-state index is -0.890. The summed E-state index contributed by atoms with van der Waals surface area (Å²) in [6, 6.07) is 5.86. The lowest BCUT2D eigenvalue weighted by atomic mass is 10.2. The molecule has 0 spiro atoms. The summed E-state index contributed by atoms with van der Waals surface area (Å²) in [4.78, 5) is 35.5. The third kappa shape index (κ3) is 6.17. The van der Waals surface area contributed by atoms with Gasteiger partial charge in [0.25, 0.3) is 0 Å². The van der Waals surface area contributed by atoms with Gasteiger partial charge in [-0.15, -0.1) is 11.8 Å². The van der Waals surface area contributed by atoms with Gasteiger partial charge in [-0.1, -0.05) is 17.7 Å². The zero-order valence-corrected chi connectivity index (χ0v) is 14.0. The summed E-state index contributed by atoms with van der Waals surface area (Å²) in [5.74, 6) is -1.90. The molecule has 0 saturated carbocycles. The molecule has 7 heteroatoms. The zero-order chi connectivity index (χ0) is 16.7. The van der Waals surface area contributed by atoms with Crippen LogP contribution in [0.4, 0.5) is 0 Å². The van der Waals surface area contributed by atoms with Crippen LogP contribution in [0.25, 0.3) is 0 Å². The minimum absolute atomic E-state index is 0.145. The lowest BCUT2D eigenvalue weighted by Gasteiger charge is -2.10. The van der Waals surface area contributed by atoms with E-state index in [4.69, 9.17) is 0 Å². The maximum atomic E-state index is 11.7. The Balaban J connectivity index is 2.39. The van der Waals surface area contributed by atoms with Crippen molar-refractivity contribution in [3.8, 4) is 0 Å². The molecule has 0 aliphatic rings. The van der Waals surface area contributed by atoms with Crippen molar-refractivity contribution in [1.82, 2.24) is 16.2 Å². The molecule has 0 fully saturated rings. The van der Waals surface area contributed by atoms with Crippen molar-refractivity contribution >= 4 is 29.5 Å². The van der Waals surface area contributed by atoms with Crippen molar-refractivity contribution in [2.45, 2.75) is 38.6 Å². The SMILES string of the molecule is Cc1ccc(C)c(SCC(=O)NNC(=O)C(=O)NC(C)C)c1. The summed E-state index contributed by atoms with van der Waals surface area (Å²) in [5, 5.41) is 2.43. The molecule has 0 saturated heterocycles. The highest BCUT2D eigenvalue weighted by Crippen LogP contribution is 2.23. The van der Waals surface area contributed by atoms with Crippen molar-refractivity contribution in [3.63, 3.8) is 0 Å². The van der Waals surface area contributed by atoms with E-state index in [0.717, 1.165) is 16.0 Å². The number of carbonyl (C=O) groups is 3. The van der Waals surface area contributed by atoms with Crippen LogP contribution in [0, 0.1) is 13.8 Å². The topological polar surface area (TPSA) is 87.3 Å². The fourth-order valence-electron chi connectivity index (χ4n) is 1.55. The molecule has 1 aromatic carbocycles. The molecule has 1 aromatic rings. The van der Waals surface area contributed by atoms with Gasteiger partial charge in [0, 0.05) is 10.9 Å². The molecule has 6 nitrogen and oxygen atoms in total. The molecular weight excluding hydrogens is 302 g/mol. The van der Waals surface area contributed by atoms with E-state index >= 15 is 0 Å². The van der Waals surface area contributed by atoms with Crippen LogP contribution in [0.3, 0.4) is 0 Å². The predicted octanol–water partition coefficient (Wildman–Crippen LogP) is 1.07. The Morgan fingerprint density at radius 3 is 2.41 bits per heavy atom. The first-order valence-corrected chi connectivity index (χ1v) is 7.88. The van der Waals surface area contributed by atoms with Crippen LogP contribution < -0.4 is 16.2 Å². The third-order valence-electron chi connectivity index (χ3n) is 2.64. The van der Waals surface area contributed by atoms with Crippen LogP contribution >= 0.6 is 11.8 Å². The third-order valence-corrected chi connectivity index (χ3v) is 3.80. The van der Waals surface area contributed by atoms with Gasteiger partial charge >= 0.3 is 11.8 Å². The lowest BCUT2D eigenvalue weighted by Crippen LogP contribution is -2.50. The highest BCUT2D eigenvalue weighted by Gasteiger charge is 2.15. The van der Waals surface area contributed by atoms with Crippen LogP contribution in [0.1, 0.15) is 25.0 Å². The second-order valence-corrected chi connectivity index (χ2v) is 6.21. The molecule has 22 heavy (non-hydrogen) atoms. The van der Waals surface area contributed by atoms with Crippen LogP contribution in [-0.2, 0) is 14.4 Å². The zero-order valence-electron chi connectivity index (χ0n) is 13.1. The number of thioether (sulfide) groups is 1. The summed E-state index contributed by atoms with van der Waals surface area (Å²) >= 11 is 1.38. The van der Waals surface area contributed by atoms with E-state index in [-0.39, 0.29) is 17.7 Å². The van der Waals surface area contributed by atoms with Crippen molar-refractivity contribution in [3.05, 3.63) is 29.3 Å². The largest absolute Gasteiger partial charge is 0.346 e. The van der Waals surface area contributed by atoms with Gasteiger partial charge in [0.05, 0.1) is 5.75 Å². The highest BCUT2D eigenvalue weighted by atomic mass is 32.2. The smallest absolute Gasteiger partial charge is 0.327 e. The number of hydrazine groups is 1. The summed E-state index contributed by atoms with van der Waals surface area (Å²) in [5.41, 5.74) is 6.51. The van der Waals surface area contributed by atoms with Crippen LogP contribution in [0.2, 0.25) is 0 Å². The molecule has 0 radical (unpaired) electrons. The van der Waals surface area contributed by atoms with Gasteiger partial charge < -0.3 is 5.32 Å². The van der Waals surface area contributed by atoms with Crippen LogP contribution in [0.15, 0.2) is 23.1 Å². The van der Waals surface area contributed by atoms with E-state index < -0.39 is 11.8 Å². The molecule has 0 bridgehead atoms. The van der Waals surface area contributed by atoms with E-state index in [9.17, 15) is 14.4 Å². The van der Waals surface area contributed by atoms with Crippen molar-refractivity contribution in [2.75, 3.05) is 5.75 Å². The van der Waals surface area contributed by atoms with E-state index in [1.54, 1.807) is 13.8 Å². The van der Waals surface area contributed by atoms with Gasteiger partial charge in [0.15, 0.2) is 0 Å². The first kappa shape index (κ1) is 18.0. The fraction of sp³-hybridized carbons (Fsp3) is 0.400. The Morgan fingerprint density at radius 2 is 1.77 bits per heavy atom. The van der Waals surface area contributed by atoms with Gasteiger partial charge in [0.1, 0.15) is 0 Å². The van der Waals surface area contributed by atoms with E-state index in [0.29, 0.717) is 0 Å². The van der Waals surface area contributed by atoms with E-state index in [2.05, 4.69) is 16.2 Å². The maximum Gasteiger partial charge on any atom is 0.327 e. The standard InChI is InChI=1S/C15H21N3O3S/c1-9(2)16-14(20)15(21)18-17-13(19)8-22-12-7-10(3)5-6-11(12)4/h5-7,9H,8H2,1-4H3,(H,16,20)(H,17,19)(H,18,21). The number of hydrogen-bond acceptors (Lipinski definition) is 4. The first-order valence-electron chi connectivity index (χ1n) is 6.89. The summed E-state index contributed by atoms with van der Waals surface area (Å²) in [7, 11) is 0. The highest BCUT2D eigenvalue weighted by molar-refractivity contribution is 8.00. The number of benzene rings is 1. The molecule has 0 aliphatic carbocycles. The molecule has 0 aliphatic heterocycles. The Hall–Kier alpha value is -2.02. The average Bonchev–Trinajstić information content (AvgIpc) is 2.44. The molecular formula is C15H21N3O3S. The second kappa shape index (κ2) is 8.43. The van der Waals surface area contributed by atoms with Crippen molar-refractivity contribution in [1.29, 1.82) is 0 Å². The number of rotatable bonds is 4. The van der Waals surface area contributed by atoms with Gasteiger partial charge in [-0.25, -0.2) is 0 Å². The van der Waals surface area contributed by atoms with E-state index in [1.165, 1.54) is 11.8 Å². The molecule has 0 aromatic heterocycles. The Bertz CT molecular complexity index is 573. The summed E-state index contributed by atoms with van der Waals surface area (Å²) in [6.07, 6.45) is 0. The average molecular weight is 323 g/mol. The maximum absolute atomic E-state index is 11.7. The molecule has 120 valence electrons. The molecule has 3 N–H and O–H groups in total. The number of hydrogen-bond donors (Lipinski definition) is 3. The molecule has 1 rings (SSSR count). The van der Waals surface area contributed by atoms with Crippen LogP contribution in [-0.4, -0.2) is 29.5 Å². The molecule has 0 unspecified atom stereocenters. The first-order chi connectivity index (χ1) is 10.3. The molecule has 0 heterocycles.